The highest BCUT2D eigenvalue weighted by Crippen LogP contribution is 2.40. The number of hydrogen-bond acceptors (Lipinski definition) is 4. The zero-order valence-electron chi connectivity index (χ0n) is 13.6. The van der Waals surface area contributed by atoms with E-state index in [-0.39, 0.29) is 32.9 Å². The fourth-order valence-electron chi connectivity index (χ4n) is 2.52. The second-order valence-corrected chi connectivity index (χ2v) is 5.36. The van der Waals surface area contributed by atoms with Crippen LogP contribution in [0.25, 0.3) is 0 Å². The van der Waals surface area contributed by atoms with Crippen molar-refractivity contribution in [3.05, 3.63) is 35.9 Å². The fraction of sp³-hybridized carbons (Fsp3) is 0.500. The topological polar surface area (TPSA) is 67.9 Å². The van der Waals surface area contributed by atoms with Gasteiger partial charge in [-0.1, -0.05) is 30.3 Å². The Morgan fingerprint density at radius 2 is 1.80 bits per heavy atom. The Bertz CT molecular complexity index is 603. The van der Waals surface area contributed by atoms with Crippen LogP contribution in [-0.4, -0.2) is 56.0 Å². The van der Waals surface area contributed by atoms with Crippen LogP contribution in [0.1, 0.15) is 12.5 Å². The number of rotatable bonds is 4. The second-order valence-electron chi connectivity index (χ2n) is 5.36. The minimum Gasteiger partial charge on any atom is -0.464 e. The van der Waals surface area contributed by atoms with Crippen LogP contribution in [0.3, 0.4) is 0 Å². The van der Waals surface area contributed by atoms with Crippen LogP contribution in [0.2, 0.25) is 0 Å². The molecule has 1 N–H and O–H groups in total. The van der Waals surface area contributed by atoms with E-state index in [1.54, 1.807) is 0 Å². The summed E-state index contributed by atoms with van der Waals surface area (Å²) in [6.45, 7) is 1.86. The molecule has 0 saturated carbocycles. The number of halogens is 3. The number of hydrogen-bond donors (Lipinski definition) is 1. The maximum atomic E-state index is 14.0. The Hall–Kier alpha value is -2.29. The van der Waals surface area contributed by atoms with Crippen LogP contribution in [0, 0.1) is 0 Å². The third-order valence-electron chi connectivity index (χ3n) is 3.81. The fourth-order valence-corrected chi connectivity index (χ4v) is 2.52. The predicted octanol–water partition coefficient (Wildman–Crippen LogP) is 2.05. The van der Waals surface area contributed by atoms with E-state index < -0.39 is 29.3 Å². The second kappa shape index (κ2) is 7.73. The number of amides is 2. The first-order valence-electron chi connectivity index (χ1n) is 7.77. The van der Waals surface area contributed by atoms with E-state index in [9.17, 15) is 22.8 Å². The molecule has 0 radical (unpaired) electrons. The normalized spacial score (nSPS) is 17.5. The van der Waals surface area contributed by atoms with Gasteiger partial charge in [-0.2, -0.15) is 13.2 Å². The molecule has 1 aromatic rings. The van der Waals surface area contributed by atoms with E-state index in [2.05, 4.69) is 4.74 Å². The van der Waals surface area contributed by atoms with Crippen LogP contribution in [0.4, 0.5) is 18.0 Å². The van der Waals surface area contributed by atoms with Gasteiger partial charge in [-0.05, 0) is 12.5 Å². The number of urea groups is 1. The van der Waals surface area contributed by atoms with Gasteiger partial charge in [-0.25, -0.2) is 9.59 Å². The molecule has 1 heterocycles. The molecule has 0 bridgehead atoms. The Balaban J connectivity index is 2.46. The predicted molar refractivity (Wildman–Crippen MR) is 81.7 cm³/mol. The van der Waals surface area contributed by atoms with Crippen LogP contribution in [-0.2, 0) is 19.8 Å². The van der Waals surface area contributed by atoms with Crippen molar-refractivity contribution in [1.29, 1.82) is 0 Å². The van der Waals surface area contributed by atoms with Crippen molar-refractivity contribution in [3.8, 4) is 0 Å². The summed E-state index contributed by atoms with van der Waals surface area (Å²) in [6, 6.07) is 5.48. The average Bonchev–Trinajstić information content (AvgIpc) is 2.60. The largest absolute Gasteiger partial charge is 0.464 e. The lowest BCUT2D eigenvalue weighted by Crippen LogP contribution is -2.64. The first-order valence-corrected chi connectivity index (χ1v) is 7.77. The summed E-state index contributed by atoms with van der Waals surface area (Å²) in [5.74, 6) is -1.57. The van der Waals surface area contributed by atoms with Gasteiger partial charge < -0.3 is 19.7 Å². The first-order chi connectivity index (χ1) is 11.8. The Kier molecular flexibility index (Phi) is 5.89. The quantitative estimate of drug-likeness (QED) is 0.835. The molecule has 1 atom stereocenters. The summed E-state index contributed by atoms with van der Waals surface area (Å²) in [5, 5.41) is 1.87. The van der Waals surface area contributed by atoms with E-state index in [1.165, 1.54) is 30.0 Å². The third kappa shape index (κ3) is 3.87. The smallest absolute Gasteiger partial charge is 0.426 e. The maximum absolute atomic E-state index is 14.0. The van der Waals surface area contributed by atoms with Crippen molar-refractivity contribution in [2.75, 3.05) is 32.9 Å². The Labute approximate surface area is 142 Å². The first kappa shape index (κ1) is 19.0. The van der Waals surface area contributed by atoms with Crippen LogP contribution < -0.4 is 5.32 Å². The van der Waals surface area contributed by atoms with Crippen molar-refractivity contribution in [2.45, 2.75) is 18.6 Å². The molecular formula is C16H19F3N2O4. The van der Waals surface area contributed by atoms with Gasteiger partial charge >= 0.3 is 18.2 Å². The molecule has 1 fully saturated rings. The summed E-state index contributed by atoms with van der Waals surface area (Å²) in [7, 11) is 0. The van der Waals surface area contributed by atoms with Crippen LogP contribution >= 0.6 is 0 Å². The standard InChI is InChI=1S/C16H19F3N2O4/c1-2-25-13(22)15(16(17,18)19,12-6-4-3-5-7-12)20-14(23)21-8-10-24-11-9-21/h3-7H,2,8-11H2,1H3,(H,20,23)/t15-/m1/s1. The Morgan fingerprint density at radius 3 is 2.32 bits per heavy atom. The van der Waals surface area contributed by atoms with Gasteiger partial charge in [-0.15, -0.1) is 0 Å². The van der Waals surface area contributed by atoms with Gasteiger partial charge in [0.2, 0.25) is 0 Å². The van der Waals surface area contributed by atoms with Crippen molar-refractivity contribution >= 4 is 12.0 Å². The van der Waals surface area contributed by atoms with E-state index in [1.807, 2.05) is 5.32 Å². The molecule has 0 aromatic heterocycles. The van der Waals surface area contributed by atoms with E-state index in [0.29, 0.717) is 0 Å². The van der Waals surface area contributed by atoms with E-state index in [0.717, 1.165) is 12.1 Å². The van der Waals surface area contributed by atoms with Crippen molar-refractivity contribution in [1.82, 2.24) is 10.2 Å². The lowest BCUT2D eigenvalue weighted by atomic mass is 9.89. The van der Waals surface area contributed by atoms with Crippen molar-refractivity contribution in [2.24, 2.45) is 0 Å². The molecule has 2 amide bonds. The molecule has 0 spiro atoms. The molecule has 9 heteroatoms. The van der Waals surface area contributed by atoms with Crippen LogP contribution in [0.15, 0.2) is 30.3 Å². The molecule has 138 valence electrons. The summed E-state index contributed by atoms with van der Waals surface area (Å²) in [5.41, 5.74) is -3.69. The Morgan fingerprint density at radius 1 is 1.20 bits per heavy atom. The van der Waals surface area contributed by atoms with Gasteiger partial charge in [-0.3, -0.25) is 0 Å². The average molecular weight is 360 g/mol. The number of carbonyl (C=O) groups is 2. The van der Waals surface area contributed by atoms with Crippen LogP contribution in [0.5, 0.6) is 0 Å². The number of morpholine rings is 1. The van der Waals surface area contributed by atoms with Gasteiger partial charge in [0.1, 0.15) is 0 Å². The van der Waals surface area contributed by atoms with Crippen molar-refractivity contribution in [3.63, 3.8) is 0 Å². The summed E-state index contributed by atoms with van der Waals surface area (Å²) >= 11 is 0. The number of nitrogens with one attached hydrogen (secondary N) is 1. The zero-order valence-corrected chi connectivity index (χ0v) is 13.6. The highest BCUT2D eigenvalue weighted by molar-refractivity contribution is 5.89. The van der Waals surface area contributed by atoms with E-state index >= 15 is 0 Å². The highest BCUT2D eigenvalue weighted by Gasteiger charge is 2.64. The minimum atomic E-state index is -5.09. The molecular weight excluding hydrogens is 341 g/mol. The number of alkyl halides is 3. The monoisotopic (exact) mass is 360 g/mol. The SMILES string of the molecule is CCOC(=O)[C@](NC(=O)N1CCOCC1)(c1ccccc1)C(F)(F)F. The maximum Gasteiger partial charge on any atom is 0.426 e. The number of carbonyl (C=O) groups excluding carboxylic acids is 2. The molecule has 0 unspecified atom stereocenters. The third-order valence-corrected chi connectivity index (χ3v) is 3.81. The van der Waals surface area contributed by atoms with E-state index in [4.69, 9.17) is 4.74 Å². The molecule has 1 aliphatic rings. The van der Waals surface area contributed by atoms with Gasteiger partial charge in [0.15, 0.2) is 0 Å². The minimum absolute atomic E-state index is 0.136. The molecule has 6 nitrogen and oxygen atoms in total. The van der Waals surface area contributed by atoms with Crippen molar-refractivity contribution < 1.29 is 32.2 Å². The molecule has 0 aliphatic carbocycles. The molecule has 1 aliphatic heterocycles. The number of esters is 1. The summed E-state index contributed by atoms with van der Waals surface area (Å²) < 4.78 is 51.8. The highest BCUT2D eigenvalue weighted by atomic mass is 19.4. The number of nitrogens with zero attached hydrogens (tertiary/aromatic N) is 1. The van der Waals surface area contributed by atoms with Gasteiger partial charge in [0.05, 0.1) is 19.8 Å². The number of ether oxygens (including phenoxy) is 2. The summed E-state index contributed by atoms with van der Waals surface area (Å²) in [4.78, 5) is 25.9. The molecule has 25 heavy (non-hydrogen) atoms. The lowest BCUT2D eigenvalue weighted by Gasteiger charge is -2.37. The molecule has 1 saturated heterocycles. The molecule has 1 aromatic carbocycles. The van der Waals surface area contributed by atoms with Gasteiger partial charge in [0.25, 0.3) is 5.54 Å². The molecule has 2 rings (SSSR count). The summed E-state index contributed by atoms with van der Waals surface area (Å²) in [6.07, 6.45) is -5.09. The van der Waals surface area contributed by atoms with Gasteiger partial charge in [0, 0.05) is 13.1 Å². The lowest BCUT2D eigenvalue weighted by molar-refractivity contribution is -0.214. The number of benzene rings is 1. The zero-order chi connectivity index (χ0) is 18.5.